The van der Waals surface area contributed by atoms with Gasteiger partial charge in [-0.25, -0.2) is 9.67 Å². The molecular formula is C15H18ClN3O2. The minimum Gasteiger partial charge on any atom is -0.466 e. The molecule has 0 radical (unpaired) electrons. The molecule has 5 nitrogen and oxygen atoms in total. The van der Waals surface area contributed by atoms with Gasteiger partial charge in [0.15, 0.2) is 5.82 Å². The summed E-state index contributed by atoms with van der Waals surface area (Å²) in [6.07, 6.45) is 0.118. The lowest BCUT2D eigenvalue weighted by atomic mass is 10.2. The average Bonchev–Trinajstić information content (AvgIpc) is 2.83. The first-order valence-electron chi connectivity index (χ1n) is 6.88. The van der Waals surface area contributed by atoms with Crippen molar-refractivity contribution in [3.8, 4) is 11.4 Å². The van der Waals surface area contributed by atoms with E-state index in [9.17, 15) is 4.79 Å². The largest absolute Gasteiger partial charge is 0.466 e. The van der Waals surface area contributed by atoms with Gasteiger partial charge in [0.25, 0.3) is 0 Å². The van der Waals surface area contributed by atoms with Crippen molar-refractivity contribution in [2.75, 3.05) is 6.61 Å². The number of nitrogens with zero attached hydrogens (tertiary/aromatic N) is 3. The van der Waals surface area contributed by atoms with E-state index in [1.54, 1.807) is 23.7 Å². The summed E-state index contributed by atoms with van der Waals surface area (Å²) in [6, 6.07) is 7.41. The van der Waals surface area contributed by atoms with Gasteiger partial charge in [-0.1, -0.05) is 11.6 Å². The van der Waals surface area contributed by atoms with Crippen LogP contribution < -0.4 is 0 Å². The fraction of sp³-hybridized carbons (Fsp3) is 0.400. The van der Waals surface area contributed by atoms with Crippen LogP contribution in [0.25, 0.3) is 11.4 Å². The predicted octanol–water partition coefficient (Wildman–Crippen LogP) is 3.29. The first-order valence-corrected chi connectivity index (χ1v) is 7.26. The third-order valence-corrected chi connectivity index (χ3v) is 3.15. The van der Waals surface area contributed by atoms with Gasteiger partial charge in [-0.2, -0.15) is 5.10 Å². The first-order chi connectivity index (χ1) is 10.0. The van der Waals surface area contributed by atoms with E-state index in [0.717, 1.165) is 5.56 Å². The molecule has 0 N–H and O–H groups in total. The maximum absolute atomic E-state index is 11.7. The topological polar surface area (TPSA) is 57.0 Å². The fourth-order valence-electron chi connectivity index (χ4n) is 1.95. The van der Waals surface area contributed by atoms with Crippen molar-refractivity contribution in [2.45, 2.75) is 33.2 Å². The Labute approximate surface area is 128 Å². The zero-order valence-electron chi connectivity index (χ0n) is 12.3. The van der Waals surface area contributed by atoms with Crippen molar-refractivity contribution < 1.29 is 9.53 Å². The van der Waals surface area contributed by atoms with Crippen molar-refractivity contribution in [1.29, 1.82) is 0 Å². The van der Waals surface area contributed by atoms with Crippen LogP contribution in [0.4, 0.5) is 0 Å². The third-order valence-electron chi connectivity index (χ3n) is 2.90. The fourth-order valence-corrected chi connectivity index (χ4v) is 2.08. The van der Waals surface area contributed by atoms with Crippen LogP contribution in [0.2, 0.25) is 5.02 Å². The quantitative estimate of drug-likeness (QED) is 0.795. The van der Waals surface area contributed by atoms with Crippen molar-refractivity contribution in [1.82, 2.24) is 14.8 Å². The van der Waals surface area contributed by atoms with Crippen LogP contribution >= 0.6 is 11.6 Å². The van der Waals surface area contributed by atoms with Crippen molar-refractivity contribution in [2.24, 2.45) is 0 Å². The van der Waals surface area contributed by atoms with E-state index in [1.807, 2.05) is 26.0 Å². The Morgan fingerprint density at radius 3 is 2.57 bits per heavy atom. The molecule has 0 aliphatic heterocycles. The molecule has 0 aliphatic rings. The van der Waals surface area contributed by atoms with E-state index in [0.29, 0.717) is 23.3 Å². The Hall–Kier alpha value is -1.88. The molecule has 112 valence electrons. The third kappa shape index (κ3) is 3.82. The molecular weight excluding hydrogens is 290 g/mol. The van der Waals surface area contributed by atoms with Gasteiger partial charge in [0, 0.05) is 16.6 Å². The molecule has 6 heteroatoms. The molecule has 0 fully saturated rings. The number of esters is 1. The molecule has 2 rings (SSSR count). The van der Waals surface area contributed by atoms with E-state index in [-0.39, 0.29) is 18.4 Å². The molecule has 21 heavy (non-hydrogen) atoms. The minimum absolute atomic E-state index is 0.114. The lowest BCUT2D eigenvalue weighted by molar-refractivity contribution is -0.142. The lowest BCUT2D eigenvalue weighted by Gasteiger charge is -2.08. The summed E-state index contributed by atoms with van der Waals surface area (Å²) >= 11 is 5.88. The smallest absolute Gasteiger partial charge is 0.313 e. The standard InChI is InChI=1S/C15H18ClN3O2/c1-4-21-14(20)9-13-17-15(18-19(13)10(2)3)11-5-7-12(16)8-6-11/h5-8,10H,4,9H2,1-3H3. The van der Waals surface area contributed by atoms with Gasteiger partial charge in [0.05, 0.1) is 6.61 Å². The summed E-state index contributed by atoms with van der Waals surface area (Å²) in [5, 5.41) is 5.14. The highest BCUT2D eigenvalue weighted by Crippen LogP contribution is 2.20. The predicted molar refractivity (Wildman–Crippen MR) is 81.2 cm³/mol. The Balaban J connectivity index is 2.32. The zero-order chi connectivity index (χ0) is 15.4. The molecule has 1 aromatic carbocycles. The molecule has 2 aromatic rings. The molecule has 1 heterocycles. The number of carbonyl (C=O) groups excluding carboxylic acids is 1. The van der Waals surface area contributed by atoms with Crippen LogP contribution in [0.1, 0.15) is 32.6 Å². The van der Waals surface area contributed by atoms with Gasteiger partial charge >= 0.3 is 5.97 Å². The van der Waals surface area contributed by atoms with Gasteiger partial charge < -0.3 is 4.74 Å². The maximum Gasteiger partial charge on any atom is 0.313 e. The van der Waals surface area contributed by atoms with Crippen molar-refractivity contribution in [3.63, 3.8) is 0 Å². The van der Waals surface area contributed by atoms with Crippen LogP contribution in [0, 0.1) is 0 Å². The summed E-state index contributed by atoms with van der Waals surface area (Å²) in [5.74, 6) is 0.891. The number of hydrogen-bond acceptors (Lipinski definition) is 4. The second-order valence-corrected chi connectivity index (χ2v) is 5.32. The Morgan fingerprint density at radius 2 is 2.00 bits per heavy atom. The van der Waals surface area contributed by atoms with Crippen molar-refractivity contribution in [3.05, 3.63) is 35.1 Å². The summed E-state index contributed by atoms with van der Waals surface area (Å²) in [4.78, 5) is 16.1. The van der Waals surface area contributed by atoms with Gasteiger partial charge in [-0.15, -0.1) is 0 Å². The zero-order valence-corrected chi connectivity index (χ0v) is 13.1. The number of benzene rings is 1. The number of carbonyl (C=O) groups is 1. The summed E-state index contributed by atoms with van der Waals surface area (Å²) < 4.78 is 6.72. The summed E-state index contributed by atoms with van der Waals surface area (Å²) in [7, 11) is 0. The Bertz CT molecular complexity index is 620. The molecule has 0 saturated heterocycles. The van der Waals surface area contributed by atoms with Crippen molar-refractivity contribution >= 4 is 17.6 Å². The molecule has 0 saturated carbocycles. The average molecular weight is 308 g/mol. The number of hydrogen-bond donors (Lipinski definition) is 0. The first kappa shape index (κ1) is 15.5. The van der Waals surface area contributed by atoms with Crippen LogP contribution in [0.15, 0.2) is 24.3 Å². The number of halogens is 1. The van der Waals surface area contributed by atoms with Gasteiger partial charge in [-0.3, -0.25) is 4.79 Å². The second kappa shape index (κ2) is 6.72. The number of rotatable bonds is 5. The number of ether oxygens (including phenoxy) is 1. The highest BCUT2D eigenvalue weighted by atomic mass is 35.5. The normalized spacial score (nSPS) is 10.9. The van der Waals surface area contributed by atoms with Crippen LogP contribution in [-0.2, 0) is 16.0 Å². The molecule has 0 amide bonds. The van der Waals surface area contributed by atoms with Gasteiger partial charge in [-0.05, 0) is 45.0 Å². The Morgan fingerprint density at radius 1 is 1.33 bits per heavy atom. The van der Waals surface area contributed by atoms with Crippen LogP contribution in [0.5, 0.6) is 0 Å². The minimum atomic E-state index is -0.297. The number of aromatic nitrogens is 3. The van der Waals surface area contributed by atoms with E-state index >= 15 is 0 Å². The molecule has 0 unspecified atom stereocenters. The maximum atomic E-state index is 11.7. The summed E-state index contributed by atoms with van der Waals surface area (Å²) in [5.41, 5.74) is 0.865. The molecule has 0 aliphatic carbocycles. The molecule has 0 atom stereocenters. The highest BCUT2D eigenvalue weighted by Gasteiger charge is 2.17. The molecule has 1 aromatic heterocycles. The van der Waals surface area contributed by atoms with E-state index < -0.39 is 0 Å². The summed E-state index contributed by atoms with van der Waals surface area (Å²) in [6.45, 7) is 6.13. The highest BCUT2D eigenvalue weighted by molar-refractivity contribution is 6.30. The monoisotopic (exact) mass is 307 g/mol. The molecule has 0 spiro atoms. The SMILES string of the molecule is CCOC(=O)Cc1nc(-c2ccc(Cl)cc2)nn1C(C)C. The van der Waals surface area contributed by atoms with Gasteiger partial charge in [0.1, 0.15) is 12.2 Å². The molecule has 0 bridgehead atoms. The van der Waals surface area contributed by atoms with E-state index in [1.165, 1.54) is 0 Å². The second-order valence-electron chi connectivity index (χ2n) is 4.88. The lowest BCUT2D eigenvalue weighted by Crippen LogP contribution is -2.14. The van der Waals surface area contributed by atoms with Crippen LogP contribution in [-0.4, -0.2) is 27.3 Å². The Kier molecular flexibility index (Phi) is 4.96. The van der Waals surface area contributed by atoms with Gasteiger partial charge in [0.2, 0.25) is 0 Å². The van der Waals surface area contributed by atoms with E-state index in [4.69, 9.17) is 16.3 Å². The van der Waals surface area contributed by atoms with E-state index in [2.05, 4.69) is 10.1 Å². The van der Waals surface area contributed by atoms with Crippen LogP contribution in [0.3, 0.4) is 0 Å².